The van der Waals surface area contributed by atoms with Crippen molar-refractivity contribution in [3.63, 3.8) is 0 Å². The molecule has 3 aromatic heterocycles. The Kier molecular flexibility index (Phi) is 5.93. The van der Waals surface area contributed by atoms with Crippen molar-refractivity contribution in [3.05, 3.63) is 58.0 Å². The predicted molar refractivity (Wildman–Crippen MR) is 156 cm³/mol. The minimum absolute atomic E-state index is 0.0730. The van der Waals surface area contributed by atoms with Gasteiger partial charge in [0.1, 0.15) is 5.82 Å². The topological polar surface area (TPSA) is 86.0 Å². The maximum atomic E-state index is 13.1. The van der Waals surface area contributed by atoms with E-state index in [0.29, 0.717) is 17.9 Å². The molecule has 0 atom stereocenters. The smallest absolute Gasteiger partial charge is 0.328 e. The van der Waals surface area contributed by atoms with Crippen molar-refractivity contribution < 1.29 is 5.11 Å². The molecule has 0 unspecified atom stereocenters. The number of hydrogen-bond acceptors (Lipinski definition) is 5. The minimum atomic E-state index is -0.291. The molecule has 1 aliphatic rings. The Balaban J connectivity index is 1.64. The second kappa shape index (κ2) is 8.99. The fourth-order valence-corrected chi connectivity index (χ4v) is 6.00. The molecule has 204 valence electrons. The number of imidazole rings is 2. The van der Waals surface area contributed by atoms with Gasteiger partial charge in [-0.15, -0.1) is 0 Å². The van der Waals surface area contributed by atoms with Crippen LogP contribution in [0.4, 0.5) is 5.69 Å². The predicted octanol–water partition coefficient (Wildman–Crippen LogP) is 4.53. The highest BCUT2D eigenvalue weighted by molar-refractivity contribution is 6.34. The van der Waals surface area contributed by atoms with E-state index in [1.165, 1.54) is 0 Å². The number of aromatic nitrogens is 6. The van der Waals surface area contributed by atoms with Crippen LogP contribution >= 0.6 is 11.6 Å². The molecule has 9 nitrogen and oxygen atoms in total. The van der Waals surface area contributed by atoms with Gasteiger partial charge in [0.05, 0.1) is 50.8 Å². The summed E-state index contributed by atoms with van der Waals surface area (Å²) in [5.41, 5.74) is 6.86. The molecule has 5 aromatic rings. The first kappa shape index (κ1) is 25.7. The summed E-state index contributed by atoms with van der Waals surface area (Å²) >= 11 is 6.88. The van der Waals surface area contributed by atoms with Crippen LogP contribution in [0.25, 0.3) is 38.9 Å². The van der Waals surface area contributed by atoms with Gasteiger partial charge in [-0.1, -0.05) is 32.4 Å². The first-order chi connectivity index (χ1) is 18.4. The van der Waals surface area contributed by atoms with Crippen LogP contribution in [0.5, 0.6) is 0 Å². The highest BCUT2D eigenvalue weighted by atomic mass is 35.5. The SMILES string of the molecule is Cn1cc(-c2cc3nc(C(C)(C)C)n(-c4cc(N5CCC(O)CC5)c5c(c4)n(C)c(=O)n5C)c3cc2Cl)cn1. The van der Waals surface area contributed by atoms with E-state index in [1.807, 2.05) is 39.5 Å². The Morgan fingerprint density at radius 3 is 2.36 bits per heavy atom. The van der Waals surface area contributed by atoms with Crippen LogP contribution in [0, 0.1) is 0 Å². The summed E-state index contributed by atoms with van der Waals surface area (Å²) in [6, 6.07) is 8.23. The molecule has 0 bridgehead atoms. The first-order valence-electron chi connectivity index (χ1n) is 13.3. The number of benzene rings is 2. The average molecular weight is 548 g/mol. The van der Waals surface area contributed by atoms with Crippen molar-refractivity contribution in [2.75, 3.05) is 18.0 Å². The van der Waals surface area contributed by atoms with E-state index in [2.05, 4.69) is 47.5 Å². The number of anilines is 1. The number of piperidine rings is 1. The third kappa shape index (κ3) is 4.15. The molecule has 0 amide bonds. The molecule has 1 N–H and O–H groups in total. The van der Waals surface area contributed by atoms with E-state index in [-0.39, 0.29) is 17.2 Å². The van der Waals surface area contributed by atoms with Gasteiger partial charge in [-0.05, 0) is 37.1 Å². The molecule has 4 heterocycles. The lowest BCUT2D eigenvalue weighted by Gasteiger charge is -2.32. The summed E-state index contributed by atoms with van der Waals surface area (Å²) in [5, 5.41) is 15.1. The maximum absolute atomic E-state index is 13.1. The molecule has 0 saturated carbocycles. The second-order valence-electron chi connectivity index (χ2n) is 11.7. The lowest BCUT2D eigenvalue weighted by atomic mass is 9.95. The normalized spacial score (nSPS) is 15.2. The molecule has 1 fully saturated rings. The first-order valence-corrected chi connectivity index (χ1v) is 13.7. The number of rotatable bonds is 3. The number of fused-ring (bicyclic) bond motifs is 2. The fraction of sp³-hybridized carbons (Fsp3) is 0.414. The number of aryl methyl sites for hydroxylation is 3. The van der Waals surface area contributed by atoms with E-state index in [4.69, 9.17) is 16.6 Å². The monoisotopic (exact) mass is 547 g/mol. The van der Waals surface area contributed by atoms with Gasteiger partial charge < -0.3 is 10.0 Å². The summed E-state index contributed by atoms with van der Waals surface area (Å²) in [6.07, 6.45) is 4.85. The van der Waals surface area contributed by atoms with Gasteiger partial charge in [-0.2, -0.15) is 5.10 Å². The van der Waals surface area contributed by atoms with Crippen molar-refractivity contribution >= 4 is 39.4 Å². The zero-order chi connectivity index (χ0) is 27.8. The van der Waals surface area contributed by atoms with Crippen LogP contribution in [0.3, 0.4) is 0 Å². The van der Waals surface area contributed by atoms with Crippen molar-refractivity contribution in [3.8, 4) is 16.8 Å². The van der Waals surface area contributed by atoms with Gasteiger partial charge in [0.25, 0.3) is 0 Å². The maximum Gasteiger partial charge on any atom is 0.328 e. The number of halogens is 1. The van der Waals surface area contributed by atoms with Crippen LogP contribution < -0.4 is 10.6 Å². The molecule has 10 heteroatoms. The third-order valence-corrected chi connectivity index (χ3v) is 8.13. The molecular weight excluding hydrogens is 514 g/mol. The molecule has 39 heavy (non-hydrogen) atoms. The van der Waals surface area contributed by atoms with Crippen molar-refractivity contribution in [2.24, 2.45) is 21.1 Å². The molecule has 6 rings (SSSR count). The molecule has 1 aliphatic heterocycles. The molecule has 1 saturated heterocycles. The Bertz CT molecular complexity index is 1790. The zero-order valence-corrected chi connectivity index (χ0v) is 24.0. The van der Waals surface area contributed by atoms with Crippen LogP contribution in [0.15, 0.2) is 41.5 Å². The van der Waals surface area contributed by atoms with E-state index in [9.17, 15) is 9.90 Å². The summed E-state index contributed by atoms with van der Waals surface area (Å²) < 4.78 is 7.35. The van der Waals surface area contributed by atoms with E-state index in [1.54, 1.807) is 20.0 Å². The standard InChI is InChI=1S/C29H34ClN7O2/c1-29(2,3)27-32-22-13-20(17-15-31-33(4)16-17)21(30)14-23(22)37(27)18-11-24-26(35(6)28(39)34(24)5)25(12-18)36-9-7-19(38)8-10-36/h11-16,19,38H,7-10H2,1-6H3. The van der Waals surface area contributed by atoms with Crippen LogP contribution in [0.1, 0.15) is 39.4 Å². The summed E-state index contributed by atoms with van der Waals surface area (Å²) in [4.78, 5) is 20.5. The van der Waals surface area contributed by atoms with Crippen LogP contribution in [-0.2, 0) is 26.6 Å². The Labute approximate surface area is 231 Å². The third-order valence-electron chi connectivity index (χ3n) is 7.82. The van der Waals surface area contributed by atoms with E-state index < -0.39 is 0 Å². The largest absolute Gasteiger partial charge is 0.393 e. The average Bonchev–Trinajstić information content (AvgIpc) is 3.55. The number of nitrogens with zero attached hydrogens (tertiary/aromatic N) is 7. The lowest BCUT2D eigenvalue weighted by molar-refractivity contribution is 0.145. The quantitative estimate of drug-likeness (QED) is 0.359. The van der Waals surface area contributed by atoms with Crippen molar-refractivity contribution in [2.45, 2.75) is 45.1 Å². The number of hydrogen-bond donors (Lipinski definition) is 1. The van der Waals surface area contributed by atoms with Gasteiger partial charge in [-0.25, -0.2) is 9.78 Å². The second-order valence-corrected chi connectivity index (χ2v) is 12.1. The molecule has 0 spiro atoms. The lowest BCUT2D eigenvalue weighted by Crippen LogP contribution is -2.36. The van der Waals surface area contributed by atoms with Crippen molar-refractivity contribution in [1.29, 1.82) is 0 Å². The zero-order valence-electron chi connectivity index (χ0n) is 23.2. The Morgan fingerprint density at radius 2 is 1.72 bits per heavy atom. The molecular formula is C29H34ClN7O2. The van der Waals surface area contributed by atoms with Gasteiger partial charge in [0, 0.05) is 57.0 Å². The summed E-state index contributed by atoms with van der Waals surface area (Å²) in [7, 11) is 5.52. The molecule has 2 aromatic carbocycles. The number of aliphatic hydroxyl groups is 1. The fourth-order valence-electron chi connectivity index (χ4n) is 5.73. The van der Waals surface area contributed by atoms with Crippen LogP contribution in [0.2, 0.25) is 5.02 Å². The summed E-state index contributed by atoms with van der Waals surface area (Å²) in [6.45, 7) is 7.90. The minimum Gasteiger partial charge on any atom is -0.393 e. The highest BCUT2D eigenvalue weighted by Crippen LogP contribution is 2.38. The van der Waals surface area contributed by atoms with Gasteiger partial charge in [0.15, 0.2) is 0 Å². The van der Waals surface area contributed by atoms with Crippen LogP contribution in [-0.4, -0.2) is 52.8 Å². The van der Waals surface area contributed by atoms with Crippen molar-refractivity contribution in [1.82, 2.24) is 28.5 Å². The Morgan fingerprint density at radius 1 is 1.00 bits per heavy atom. The van der Waals surface area contributed by atoms with Gasteiger partial charge >= 0.3 is 5.69 Å². The molecule has 0 radical (unpaired) electrons. The van der Waals surface area contributed by atoms with E-state index in [0.717, 1.165) is 63.5 Å². The van der Waals surface area contributed by atoms with Gasteiger partial charge in [0.2, 0.25) is 0 Å². The van der Waals surface area contributed by atoms with E-state index >= 15 is 0 Å². The Hall–Kier alpha value is -3.56. The molecule has 0 aliphatic carbocycles. The number of aliphatic hydroxyl groups excluding tert-OH is 1. The highest BCUT2D eigenvalue weighted by Gasteiger charge is 2.28. The summed E-state index contributed by atoms with van der Waals surface area (Å²) in [5.74, 6) is 0.900. The van der Waals surface area contributed by atoms with Gasteiger partial charge in [-0.3, -0.25) is 18.4 Å².